The molecule has 0 bridgehead atoms. The number of carbonyl (C=O) groups is 2. The minimum Gasteiger partial charge on any atom is -0.497 e. The number of hydrogen-bond acceptors (Lipinski definition) is 4. The van der Waals surface area contributed by atoms with Gasteiger partial charge in [0, 0.05) is 6.08 Å². The molecule has 0 spiro atoms. The maximum atomic E-state index is 12.0. The van der Waals surface area contributed by atoms with E-state index in [2.05, 4.69) is 10.6 Å². The van der Waals surface area contributed by atoms with Crippen molar-refractivity contribution in [2.75, 3.05) is 20.3 Å². The molecule has 2 amide bonds. The van der Waals surface area contributed by atoms with E-state index in [1.54, 1.807) is 20.1 Å². The molecule has 0 saturated heterocycles. The molecule has 1 atom stereocenters. The number of ether oxygens (including phenoxy) is 2. The van der Waals surface area contributed by atoms with Crippen LogP contribution < -0.4 is 20.1 Å². The van der Waals surface area contributed by atoms with Gasteiger partial charge in [-0.15, -0.1) is 0 Å². The van der Waals surface area contributed by atoms with Crippen LogP contribution in [0.25, 0.3) is 6.08 Å². The first-order valence-electron chi connectivity index (χ1n) is 8.66. The molecule has 0 aromatic heterocycles. The summed E-state index contributed by atoms with van der Waals surface area (Å²) in [5, 5.41) is 5.36. The van der Waals surface area contributed by atoms with Crippen molar-refractivity contribution in [3.8, 4) is 11.5 Å². The molecule has 0 radical (unpaired) electrons. The second-order valence-electron chi connectivity index (χ2n) is 5.79. The molecular formula is C21H24N2O4. The molecule has 0 aliphatic heterocycles. The summed E-state index contributed by atoms with van der Waals surface area (Å²) in [5.74, 6) is 0.891. The zero-order valence-electron chi connectivity index (χ0n) is 15.5. The van der Waals surface area contributed by atoms with Gasteiger partial charge in [-0.3, -0.25) is 9.59 Å². The summed E-state index contributed by atoms with van der Waals surface area (Å²) < 4.78 is 10.6. The van der Waals surface area contributed by atoms with Crippen molar-refractivity contribution in [1.82, 2.24) is 10.6 Å². The Hall–Kier alpha value is -3.28. The number of rotatable bonds is 9. The highest BCUT2D eigenvalue weighted by Crippen LogP contribution is 2.12. The third-order valence-corrected chi connectivity index (χ3v) is 3.71. The lowest BCUT2D eigenvalue weighted by molar-refractivity contribution is -0.126. The van der Waals surface area contributed by atoms with Crippen molar-refractivity contribution in [2.24, 2.45) is 0 Å². The molecule has 1 unspecified atom stereocenters. The zero-order chi connectivity index (χ0) is 19.5. The van der Waals surface area contributed by atoms with Crippen LogP contribution in [0.1, 0.15) is 12.5 Å². The molecule has 27 heavy (non-hydrogen) atoms. The van der Waals surface area contributed by atoms with Gasteiger partial charge in [-0.1, -0.05) is 30.3 Å². The summed E-state index contributed by atoms with van der Waals surface area (Å²) in [5.41, 5.74) is 0.862. The van der Waals surface area contributed by atoms with Crippen molar-refractivity contribution in [3.63, 3.8) is 0 Å². The number of hydrogen-bond donors (Lipinski definition) is 2. The van der Waals surface area contributed by atoms with E-state index < -0.39 is 6.04 Å². The number of amides is 2. The first-order chi connectivity index (χ1) is 13.1. The van der Waals surface area contributed by atoms with Gasteiger partial charge in [0.1, 0.15) is 24.1 Å². The average molecular weight is 368 g/mol. The van der Waals surface area contributed by atoms with Crippen LogP contribution in [-0.2, 0) is 9.59 Å². The lowest BCUT2D eigenvalue weighted by atomic mass is 10.2. The maximum Gasteiger partial charge on any atom is 0.244 e. The SMILES string of the molecule is COc1ccc(/C=C/C(=O)NC(C)C(=O)NCCOc2ccccc2)cc1. The smallest absolute Gasteiger partial charge is 0.244 e. The number of nitrogens with one attached hydrogen (secondary N) is 2. The highest BCUT2D eigenvalue weighted by Gasteiger charge is 2.13. The summed E-state index contributed by atoms with van der Waals surface area (Å²) in [7, 11) is 1.60. The molecule has 2 aromatic carbocycles. The minimum atomic E-state index is -0.644. The summed E-state index contributed by atoms with van der Waals surface area (Å²) in [6, 6.07) is 16.0. The number of methoxy groups -OCH3 is 1. The Balaban J connectivity index is 1.69. The standard InChI is InChI=1S/C21H24N2O4/c1-16(21(25)22-14-15-27-19-6-4-3-5-7-19)23-20(24)13-10-17-8-11-18(26-2)12-9-17/h3-13,16H,14-15H2,1-2H3,(H,22,25)(H,23,24)/b13-10+. The third kappa shape index (κ3) is 7.23. The predicted molar refractivity (Wildman–Crippen MR) is 105 cm³/mol. The third-order valence-electron chi connectivity index (χ3n) is 3.71. The topological polar surface area (TPSA) is 76.7 Å². The van der Waals surface area contributed by atoms with Gasteiger partial charge in [-0.25, -0.2) is 0 Å². The van der Waals surface area contributed by atoms with Gasteiger partial charge in [0.2, 0.25) is 11.8 Å². The zero-order valence-corrected chi connectivity index (χ0v) is 15.5. The summed E-state index contributed by atoms with van der Waals surface area (Å²) >= 11 is 0. The first-order valence-corrected chi connectivity index (χ1v) is 8.66. The molecule has 0 aliphatic rings. The quantitative estimate of drug-likeness (QED) is 0.526. The molecule has 0 saturated carbocycles. The largest absolute Gasteiger partial charge is 0.497 e. The van der Waals surface area contributed by atoms with Crippen molar-refractivity contribution >= 4 is 17.9 Å². The van der Waals surface area contributed by atoms with Crippen LogP contribution in [-0.4, -0.2) is 38.1 Å². The van der Waals surface area contributed by atoms with E-state index in [9.17, 15) is 9.59 Å². The van der Waals surface area contributed by atoms with E-state index >= 15 is 0 Å². The lowest BCUT2D eigenvalue weighted by Crippen LogP contribution is -2.45. The number of para-hydroxylation sites is 1. The van der Waals surface area contributed by atoms with Gasteiger partial charge in [-0.2, -0.15) is 0 Å². The Kier molecular flexibility index (Phi) is 7.91. The Morgan fingerprint density at radius 2 is 1.74 bits per heavy atom. The predicted octanol–water partition coefficient (Wildman–Crippen LogP) is 2.41. The van der Waals surface area contributed by atoms with Crippen LogP contribution in [0, 0.1) is 0 Å². The Morgan fingerprint density at radius 3 is 2.41 bits per heavy atom. The fraction of sp³-hybridized carbons (Fsp3) is 0.238. The van der Waals surface area contributed by atoms with Crippen LogP contribution in [0.3, 0.4) is 0 Å². The highest BCUT2D eigenvalue weighted by atomic mass is 16.5. The lowest BCUT2D eigenvalue weighted by Gasteiger charge is -2.13. The summed E-state index contributed by atoms with van der Waals surface area (Å²) in [6.45, 7) is 2.34. The molecule has 6 nitrogen and oxygen atoms in total. The number of carbonyl (C=O) groups excluding carboxylic acids is 2. The maximum absolute atomic E-state index is 12.0. The van der Waals surface area contributed by atoms with E-state index in [4.69, 9.17) is 9.47 Å². The normalized spacial score (nSPS) is 11.6. The molecule has 0 heterocycles. The monoisotopic (exact) mass is 368 g/mol. The van der Waals surface area contributed by atoms with Gasteiger partial charge in [0.15, 0.2) is 0 Å². The van der Waals surface area contributed by atoms with Crippen LogP contribution >= 0.6 is 0 Å². The van der Waals surface area contributed by atoms with Gasteiger partial charge in [0.05, 0.1) is 13.7 Å². The van der Waals surface area contributed by atoms with Crippen LogP contribution in [0.5, 0.6) is 11.5 Å². The second-order valence-corrected chi connectivity index (χ2v) is 5.79. The van der Waals surface area contributed by atoms with Crippen molar-refractivity contribution in [2.45, 2.75) is 13.0 Å². The molecule has 2 aromatic rings. The highest BCUT2D eigenvalue weighted by molar-refractivity contribution is 5.95. The molecule has 2 N–H and O–H groups in total. The van der Waals surface area contributed by atoms with Crippen LogP contribution in [0.4, 0.5) is 0 Å². The number of benzene rings is 2. The van der Waals surface area contributed by atoms with Gasteiger partial charge >= 0.3 is 0 Å². The van der Waals surface area contributed by atoms with Gasteiger partial charge in [0.25, 0.3) is 0 Å². The Labute approximate surface area is 159 Å². The fourth-order valence-corrected chi connectivity index (χ4v) is 2.23. The molecule has 2 rings (SSSR count). The van der Waals surface area contributed by atoms with Crippen LogP contribution in [0.15, 0.2) is 60.7 Å². The Morgan fingerprint density at radius 1 is 1.04 bits per heavy atom. The van der Waals surface area contributed by atoms with Crippen molar-refractivity contribution in [3.05, 3.63) is 66.2 Å². The Bertz CT molecular complexity index is 758. The first kappa shape index (κ1) is 20.0. The summed E-state index contributed by atoms with van der Waals surface area (Å²) in [6.07, 6.45) is 3.07. The van der Waals surface area contributed by atoms with E-state index in [-0.39, 0.29) is 11.8 Å². The van der Waals surface area contributed by atoms with Gasteiger partial charge < -0.3 is 20.1 Å². The molecule has 0 fully saturated rings. The van der Waals surface area contributed by atoms with E-state index in [1.807, 2.05) is 54.6 Å². The molecule has 142 valence electrons. The van der Waals surface area contributed by atoms with Crippen molar-refractivity contribution < 1.29 is 19.1 Å². The average Bonchev–Trinajstić information content (AvgIpc) is 2.70. The van der Waals surface area contributed by atoms with Crippen LogP contribution in [0.2, 0.25) is 0 Å². The van der Waals surface area contributed by atoms with E-state index in [0.29, 0.717) is 13.2 Å². The van der Waals surface area contributed by atoms with Crippen molar-refractivity contribution in [1.29, 1.82) is 0 Å². The molecule has 6 heteroatoms. The summed E-state index contributed by atoms with van der Waals surface area (Å²) in [4.78, 5) is 24.0. The minimum absolute atomic E-state index is 0.266. The second kappa shape index (κ2) is 10.7. The molecular weight excluding hydrogens is 344 g/mol. The fourth-order valence-electron chi connectivity index (χ4n) is 2.23. The van der Waals surface area contributed by atoms with E-state index in [0.717, 1.165) is 17.1 Å². The van der Waals surface area contributed by atoms with E-state index in [1.165, 1.54) is 6.08 Å². The van der Waals surface area contributed by atoms with Gasteiger partial charge in [-0.05, 0) is 42.8 Å². The molecule has 0 aliphatic carbocycles.